The number of hydrogen-bond donors (Lipinski definition) is 0. The second-order valence-electron chi connectivity index (χ2n) is 5.75. The van der Waals surface area contributed by atoms with Crippen molar-refractivity contribution in [2.24, 2.45) is 7.05 Å². The number of nitrogens with zero attached hydrogens (tertiary/aromatic N) is 2. The van der Waals surface area contributed by atoms with Crippen molar-refractivity contribution in [2.45, 2.75) is 0 Å². The zero-order valence-electron chi connectivity index (χ0n) is 13.7. The zero-order chi connectivity index (χ0) is 17.2. The molecule has 2 aromatic carbocycles. The van der Waals surface area contributed by atoms with Gasteiger partial charge in [0, 0.05) is 12.6 Å². The molecule has 122 valence electrons. The molecule has 2 heterocycles. The fraction of sp³-hybridized carbons (Fsp3) is 0.0476. The average Bonchev–Trinajstić information content (AvgIpc) is 3.25. The van der Waals surface area contributed by atoms with E-state index in [1.807, 2.05) is 66.2 Å². The number of furan rings is 1. The lowest BCUT2D eigenvalue weighted by Crippen LogP contribution is -1.98. The summed E-state index contributed by atoms with van der Waals surface area (Å²) in [5, 5.41) is 0. The van der Waals surface area contributed by atoms with Gasteiger partial charge in [-0.05, 0) is 36.4 Å². The van der Waals surface area contributed by atoms with Crippen LogP contribution in [0.15, 0.2) is 71.1 Å². The van der Waals surface area contributed by atoms with Crippen LogP contribution in [0.2, 0.25) is 0 Å². The molecular weight excluding hydrogens is 312 g/mol. The molecule has 0 radical (unpaired) electrons. The van der Waals surface area contributed by atoms with Gasteiger partial charge in [0.05, 0.1) is 11.0 Å². The van der Waals surface area contributed by atoms with Crippen molar-refractivity contribution >= 4 is 29.0 Å². The van der Waals surface area contributed by atoms with Crippen LogP contribution in [-0.4, -0.2) is 15.3 Å². The number of hydrogen-bond acceptors (Lipinski definition) is 3. The van der Waals surface area contributed by atoms with E-state index in [1.54, 1.807) is 24.3 Å². The lowest BCUT2D eigenvalue weighted by atomic mass is 10.1. The van der Waals surface area contributed by atoms with Gasteiger partial charge in [0.2, 0.25) is 5.78 Å². The molecule has 0 bridgehead atoms. The summed E-state index contributed by atoms with van der Waals surface area (Å²) in [6, 6.07) is 20.6. The Morgan fingerprint density at radius 1 is 0.960 bits per heavy atom. The van der Waals surface area contributed by atoms with Crippen LogP contribution >= 0.6 is 0 Å². The van der Waals surface area contributed by atoms with Crippen LogP contribution < -0.4 is 0 Å². The second-order valence-corrected chi connectivity index (χ2v) is 5.75. The number of carbonyl (C=O) groups excluding carboxylic acids is 1. The van der Waals surface area contributed by atoms with Crippen molar-refractivity contribution in [2.75, 3.05) is 0 Å². The molecule has 0 saturated heterocycles. The highest BCUT2D eigenvalue weighted by Crippen LogP contribution is 2.18. The molecule has 0 spiro atoms. The Labute approximate surface area is 145 Å². The summed E-state index contributed by atoms with van der Waals surface area (Å²) in [6.45, 7) is 0. The Bertz CT molecular complexity index is 1070. The zero-order valence-corrected chi connectivity index (χ0v) is 13.7. The van der Waals surface area contributed by atoms with Crippen molar-refractivity contribution in [3.05, 3.63) is 89.6 Å². The molecule has 0 saturated carbocycles. The highest BCUT2D eigenvalue weighted by Gasteiger charge is 2.12. The van der Waals surface area contributed by atoms with Gasteiger partial charge < -0.3 is 8.98 Å². The first-order chi connectivity index (χ1) is 12.2. The third-order valence-electron chi connectivity index (χ3n) is 4.10. The van der Waals surface area contributed by atoms with E-state index in [9.17, 15) is 4.79 Å². The van der Waals surface area contributed by atoms with Gasteiger partial charge in [0.15, 0.2) is 5.76 Å². The minimum absolute atomic E-state index is 0.122. The van der Waals surface area contributed by atoms with Crippen LogP contribution in [-0.2, 0) is 7.05 Å². The van der Waals surface area contributed by atoms with E-state index in [1.165, 1.54) is 0 Å². The van der Waals surface area contributed by atoms with E-state index in [2.05, 4.69) is 4.98 Å². The van der Waals surface area contributed by atoms with Crippen molar-refractivity contribution in [1.29, 1.82) is 0 Å². The van der Waals surface area contributed by atoms with Crippen molar-refractivity contribution in [3.63, 3.8) is 0 Å². The molecule has 25 heavy (non-hydrogen) atoms. The van der Waals surface area contributed by atoms with Gasteiger partial charge in [-0.25, -0.2) is 4.98 Å². The van der Waals surface area contributed by atoms with E-state index < -0.39 is 0 Å². The Hall–Kier alpha value is -3.40. The number of ketones is 1. The lowest BCUT2D eigenvalue weighted by molar-refractivity contribution is 0.101. The van der Waals surface area contributed by atoms with E-state index in [0.29, 0.717) is 17.1 Å². The van der Waals surface area contributed by atoms with Crippen LogP contribution in [0.1, 0.15) is 27.7 Å². The summed E-state index contributed by atoms with van der Waals surface area (Å²) in [6.07, 6.45) is 3.71. The average molecular weight is 328 g/mol. The number of carbonyl (C=O) groups is 1. The number of para-hydroxylation sites is 2. The number of fused-ring (bicyclic) bond motifs is 1. The second kappa shape index (κ2) is 6.24. The minimum atomic E-state index is -0.122. The number of imidazole rings is 1. The number of rotatable bonds is 4. The quantitative estimate of drug-likeness (QED) is 0.516. The van der Waals surface area contributed by atoms with Crippen LogP contribution in [0.5, 0.6) is 0 Å². The molecule has 0 unspecified atom stereocenters. The van der Waals surface area contributed by atoms with Crippen molar-refractivity contribution < 1.29 is 9.21 Å². The van der Waals surface area contributed by atoms with Crippen molar-refractivity contribution in [1.82, 2.24) is 9.55 Å². The first kappa shape index (κ1) is 15.1. The smallest absolute Gasteiger partial charge is 0.228 e. The summed E-state index contributed by atoms with van der Waals surface area (Å²) >= 11 is 0. The monoisotopic (exact) mass is 328 g/mol. The molecule has 0 aliphatic rings. The maximum atomic E-state index is 12.4. The Morgan fingerprint density at radius 3 is 2.52 bits per heavy atom. The number of aryl methyl sites for hydroxylation is 1. The highest BCUT2D eigenvalue weighted by atomic mass is 16.3. The van der Waals surface area contributed by atoms with Crippen LogP contribution in [0.3, 0.4) is 0 Å². The third-order valence-corrected chi connectivity index (χ3v) is 4.10. The molecule has 0 N–H and O–H groups in total. The molecule has 0 atom stereocenters. The first-order valence-electron chi connectivity index (χ1n) is 8.01. The minimum Gasteiger partial charge on any atom is -0.453 e. The lowest BCUT2D eigenvalue weighted by Gasteiger charge is -1.97. The van der Waals surface area contributed by atoms with E-state index >= 15 is 0 Å². The molecule has 4 nitrogen and oxygen atoms in total. The molecule has 2 aromatic heterocycles. The Morgan fingerprint density at radius 2 is 1.72 bits per heavy atom. The van der Waals surface area contributed by atoms with E-state index in [-0.39, 0.29) is 5.78 Å². The molecular formula is C21H16N2O2. The first-order valence-corrected chi connectivity index (χ1v) is 8.01. The molecule has 0 aliphatic carbocycles. The summed E-state index contributed by atoms with van der Waals surface area (Å²) in [5.74, 6) is 1.65. The third kappa shape index (κ3) is 2.90. The van der Waals surface area contributed by atoms with Crippen LogP contribution in [0.25, 0.3) is 23.2 Å². The summed E-state index contributed by atoms with van der Waals surface area (Å²) < 4.78 is 7.68. The normalized spacial score (nSPS) is 11.4. The van der Waals surface area contributed by atoms with Gasteiger partial charge >= 0.3 is 0 Å². The van der Waals surface area contributed by atoms with Gasteiger partial charge in [0.25, 0.3) is 0 Å². The fourth-order valence-corrected chi connectivity index (χ4v) is 2.77. The van der Waals surface area contributed by atoms with E-state index in [4.69, 9.17) is 4.42 Å². The summed E-state index contributed by atoms with van der Waals surface area (Å²) in [4.78, 5) is 17.0. The van der Waals surface area contributed by atoms with Gasteiger partial charge in [-0.15, -0.1) is 0 Å². The highest BCUT2D eigenvalue weighted by molar-refractivity contribution is 6.07. The summed E-state index contributed by atoms with van der Waals surface area (Å²) in [5.41, 5.74) is 2.63. The standard InChI is InChI=1S/C21H16N2O2/c1-23-18-10-6-5-9-17(18)22-20(23)14-12-16-11-13-19(25-16)21(24)15-7-3-2-4-8-15/h2-14H,1H3. The van der Waals surface area contributed by atoms with Crippen molar-refractivity contribution in [3.8, 4) is 0 Å². The topological polar surface area (TPSA) is 48.0 Å². The van der Waals surface area contributed by atoms with Gasteiger partial charge in [-0.1, -0.05) is 42.5 Å². The molecule has 0 amide bonds. The van der Waals surface area contributed by atoms with E-state index in [0.717, 1.165) is 16.9 Å². The predicted molar refractivity (Wildman–Crippen MR) is 98.2 cm³/mol. The molecule has 0 aliphatic heterocycles. The fourth-order valence-electron chi connectivity index (χ4n) is 2.77. The SMILES string of the molecule is Cn1c(C=Cc2ccc(C(=O)c3ccccc3)o2)nc2ccccc21. The van der Waals surface area contributed by atoms with Crippen LogP contribution in [0, 0.1) is 0 Å². The summed E-state index contributed by atoms with van der Waals surface area (Å²) in [7, 11) is 1.97. The van der Waals surface area contributed by atoms with Gasteiger partial charge in [-0.2, -0.15) is 0 Å². The largest absolute Gasteiger partial charge is 0.453 e. The molecule has 4 aromatic rings. The number of aromatic nitrogens is 2. The predicted octanol–water partition coefficient (Wildman–Crippen LogP) is 4.57. The maximum absolute atomic E-state index is 12.4. The molecule has 4 heteroatoms. The van der Waals surface area contributed by atoms with Crippen LogP contribution in [0.4, 0.5) is 0 Å². The molecule has 0 fully saturated rings. The molecule has 4 rings (SSSR count). The van der Waals surface area contributed by atoms with Gasteiger partial charge in [0.1, 0.15) is 11.6 Å². The number of benzene rings is 2. The van der Waals surface area contributed by atoms with Gasteiger partial charge in [-0.3, -0.25) is 4.79 Å². The Balaban J connectivity index is 1.59. The Kier molecular flexibility index (Phi) is 3.78. The maximum Gasteiger partial charge on any atom is 0.228 e.